The van der Waals surface area contributed by atoms with Crippen LogP contribution in [0.4, 0.5) is 0 Å². The molecule has 4 nitrogen and oxygen atoms in total. The molecular formula is C15H21NO3S. The first-order valence-corrected chi connectivity index (χ1v) is 7.94. The number of carbonyl (C=O) groups is 2. The van der Waals surface area contributed by atoms with Gasteiger partial charge in [0.25, 0.3) is 0 Å². The van der Waals surface area contributed by atoms with Gasteiger partial charge >= 0.3 is 0 Å². The van der Waals surface area contributed by atoms with Gasteiger partial charge in [0.05, 0.1) is 17.1 Å². The van der Waals surface area contributed by atoms with Crippen molar-refractivity contribution in [3.8, 4) is 0 Å². The Hall–Kier alpha value is -1.20. The summed E-state index contributed by atoms with van der Waals surface area (Å²) < 4.78 is 5.61. The van der Waals surface area contributed by atoms with Crippen LogP contribution in [0.25, 0.3) is 0 Å². The molecule has 2 atom stereocenters. The predicted molar refractivity (Wildman–Crippen MR) is 79.1 cm³/mol. The van der Waals surface area contributed by atoms with Crippen LogP contribution in [0.3, 0.4) is 0 Å². The van der Waals surface area contributed by atoms with E-state index in [2.05, 4.69) is 0 Å². The minimum absolute atomic E-state index is 0.0930. The Bertz CT molecular complexity index is 448. The predicted octanol–water partition coefficient (Wildman–Crippen LogP) is 2.74. The van der Waals surface area contributed by atoms with Crippen LogP contribution in [0.5, 0.6) is 0 Å². The number of hydrogen-bond donors (Lipinski definition) is 0. The molecule has 0 bridgehead atoms. The fraction of sp³-hybridized carbons (Fsp3) is 0.600. The highest BCUT2D eigenvalue weighted by Gasteiger charge is 2.25. The van der Waals surface area contributed by atoms with E-state index in [0.717, 1.165) is 4.88 Å². The highest BCUT2D eigenvalue weighted by Crippen LogP contribution is 2.15. The number of amides is 1. The van der Waals surface area contributed by atoms with Gasteiger partial charge in [0.15, 0.2) is 5.78 Å². The molecule has 0 saturated carbocycles. The third-order valence-corrected chi connectivity index (χ3v) is 4.27. The van der Waals surface area contributed by atoms with Crippen LogP contribution < -0.4 is 0 Å². The Morgan fingerprint density at radius 3 is 2.60 bits per heavy atom. The maximum atomic E-state index is 12.1. The molecule has 1 aromatic rings. The Morgan fingerprint density at radius 1 is 1.30 bits per heavy atom. The summed E-state index contributed by atoms with van der Waals surface area (Å²) in [6.45, 7) is 5.27. The van der Waals surface area contributed by atoms with Gasteiger partial charge in [-0.15, -0.1) is 11.3 Å². The summed E-state index contributed by atoms with van der Waals surface area (Å²) in [5.74, 6) is 0.266. The quantitative estimate of drug-likeness (QED) is 0.785. The summed E-state index contributed by atoms with van der Waals surface area (Å²) in [4.78, 5) is 26.6. The summed E-state index contributed by atoms with van der Waals surface area (Å²) in [5, 5.41) is 1.90. The van der Waals surface area contributed by atoms with Crippen LogP contribution >= 0.6 is 11.3 Å². The molecule has 1 aromatic heterocycles. The molecule has 0 N–H and O–H groups in total. The Balaban J connectivity index is 1.73. The fourth-order valence-electron chi connectivity index (χ4n) is 2.50. The average Bonchev–Trinajstić information content (AvgIpc) is 2.91. The fourth-order valence-corrected chi connectivity index (χ4v) is 3.19. The first-order chi connectivity index (χ1) is 9.56. The molecule has 0 aliphatic carbocycles. The van der Waals surface area contributed by atoms with Crippen molar-refractivity contribution in [2.75, 3.05) is 13.1 Å². The molecule has 0 spiro atoms. The maximum Gasteiger partial charge on any atom is 0.222 e. The SMILES string of the molecule is C[C@H]1CN(C(=O)CCCC(=O)c2cccs2)C[C@H](C)O1. The standard InChI is InChI=1S/C15H21NO3S/c1-11-9-16(10-12(2)19-11)15(18)7-3-5-13(17)14-6-4-8-20-14/h4,6,8,11-12H,3,5,7,9-10H2,1-2H3/t11-,12-/m0/s1. The van der Waals surface area contributed by atoms with Crippen LogP contribution in [0.1, 0.15) is 42.8 Å². The van der Waals surface area contributed by atoms with Crippen LogP contribution in [-0.4, -0.2) is 41.9 Å². The topological polar surface area (TPSA) is 46.6 Å². The number of nitrogens with zero attached hydrogens (tertiary/aromatic N) is 1. The highest BCUT2D eigenvalue weighted by atomic mass is 32.1. The third-order valence-electron chi connectivity index (χ3n) is 3.36. The second kappa shape index (κ2) is 6.99. The van der Waals surface area contributed by atoms with E-state index in [0.29, 0.717) is 32.4 Å². The lowest BCUT2D eigenvalue weighted by molar-refractivity contribution is -0.143. The molecule has 1 aliphatic heterocycles. The number of carbonyl (C=O) groups excluding carboxylic acids is 2. The van der Waals surface area contributed by atoms with Crippen molar-refractivity contribution in [1.29, 1.82) is 0 Å². The van der Waals surface area contributed by atoms with Crippen molar-refractivity contribution in [2.45, 2.75) is 45.3 Å². The molecule has 1 saturated heterocycles. The minimum Gasteiger partial charge on any atom is -0.372 e. The molecule has 0 radical (unpaired) electrons. The van der Waals surface area contributed by atoms with Gasteiger partial charge in [-0.25, -0.2) is 0 Å². The average molecular weight is 295 g/mol. The van der Waals surface area contributed by atoms with Crippen LogP contribution in [0.15, 0.2) is 17.5 Å². The first-order valence-electron chi connectivity index (χ1n) is 7.06. The van der Waals surface area contributed by atoms with E-state index in [1.807, 2.05) is 36.3 Å². The minimum atomic E-state index is 0.0930. The van der Waals surface area contributed by atoms with E-state index in [-0.39, 0.29) is 23.9 Å². The third kappa shape index (κ3) is 4.15. The first kappa shape index (κ1) is 15.2. The largest absolute Gasteiger partial charge is 0.372 e. The second-order valence-electron chi connectivity index (χ2n) is 5.31. The molecule has 20 heavy (non-hydrogen) atoms. The van der Waals surface area contributed by atoms with Gasteiger partial charge in [-0.3, -0.25) is 9.59 Å². The zero-order chi connectivity index (χ0) is 14.5. The van der Waals surface area contributed by atoms with Gasteiger partial charge in [-0.1, -0.05) is 6.07 Å². The molecule has 110 valence electrons. The zero-order valence-corrected chi connectivity index (χ0v) is 12.8. The van der Waals surface area contributed by atoms with E-state index in [1.54, 1.807) is 0 Å². The number of morpholine rings is 1. The lowest BCUT2D eigenvalue weighted by Crippen LogP contribution is -2.48. The molecular weight excluding hydrogens is 274 g/mol. The Labute approximate surface area is 123 Å². The summed E-state index contributed by atoms with van der Waals surface area (Å²) in [6.07, 6.45) is 1.69. The van der Waals surface area contributed by atoms with Crippen molar-refractivity contribution < 1.29 is 14.3 Å². The molecule has 2 heterocycles. The number of ketones is 1. The number of rotatable bonds is 5. The molecule has 2 rings (SSSR count). The maximum absolute atomic E-state index is 12.1. The van der Waals surface area contributed by atoms with Crippen LogP contribution in [-0.2, 0) is 9.53 Å². The molecule has 0 aromatic carbocycles. The van der Waals surface area contributed by atoms with Gasteiger partial charge in [0.2, 0.25) is 5.91 Å². The van der Waals surface area contributed by atoms with Crippen LogP contribution in [0, 0.1) is 0 Å². The van der Waals surface area contributed by atoms with E-state index in [9.17, 15) is 9.59 Å². The van der Waals surface area contributed by atoms with Crippen molar-refractivity contribution in [3.63, 3.8) is 0 Å². The number of ether oxygens (including phenoxy) is 1. The van der Waals surface area contributed by atoms with E-state index < -0.39 is 0 Å². The molecule has 1 amide bonds. The smallest absolute Gasteiger partial charge is 0.222 e. The monoisotopic (exact) mass is 295 g/mol. The lowest BCUT2D eigenvalue weighted by atomic mass is 10.1. The summed E-state index contributed by atoms with van der Waals surface area (Å²) >= 11 is 1.46. The van der Waals surface area contributed by atoms with Gasteiger partial charge in [-0.2, -0.15) is 0 Å². The van der Waals surface area contributed by atoms with E-state index in [4.69, 9.17) is 4.74 Å². The van der Waals surface area contributed by atoms with Gasteiger partial charge < -0.3 is 9.64 Å². The van der Waals surface area contributed by atoms with Gasteiger partial charge in [0, 0.05) is 25.9 Å². The molecule has 1 fully saturated rings. The molecule has 0 unspecified atom stereocenters. The number of hydrogen-bond acceptors (Lipinski definition) is 4. The van der Waals surface area contributed by atoms with E-state index >= 15 is 0 Å². The normalized spacial score (nSPS) is 22.8. The van der Waals surface area contributed by atoms with Crippen molar-refractivity contribution in [2.24, 2.45) is 0 Å². The Morgan fingerprint density at radius 2 is 2.00 bits per heavy atom. The molecule has 5 heteroatoms. The summed E-state index contributed by atoms with van der Waals surface area (Å²) in [5.41, 5.74) is 0. The number of thiophene rings is 1. The highest BCUT2D eigenvalue weighted by molar-refractivity contribution is 7.12. The summed E-state index contributed by atoms with van der Waals surface area (Å²) in [6, 6.07) is 3.71. The molecule has 1 aliphatic rings. The van der Waals surface area contributed by atoms with Crippen molar-refractivity contribution >= 4 is 23.0 Å². The van der Waals surface area contributed by atoms with Gasteiger partial charge in [0.1, 0.15) is 0 Å². The van der Waals surface area contributed by atoms with E-state index in [1.165, 1.54) is 11.3 Å². The Kier molecular flexibility index (Phi) is 5.31. The second-order valence-corrected chi connectivity index (χ2v) is 6.26. The number of Topliss-reactive ketones (excluding diaryl/α,β-unsaturated/α-hetero) is 1. The van der Waals surface area contributed by atoms with Crippen molar-refractivity contribution in [3.05, 3.63) is 22.4 Å². The lowest BCUT2D eigenvalue weighted by Gasteiger charge is -2.35. The van der Waals surface area contributed by atoms with Gasteiger partial charge in [-0.05, 0) is 31.7 Å². The summed E-state index contributed by atoms with van der Waals surface area (Å²) in [7, 11) is 0. The van der Waals surface area contributed by atoms with Crippen LogP contribution in [0.2, 0.25) is 0 Å². The van der Waals surface area contributed by atoms with Crippen molar-refractivity contribution in [1.82, 2.24) is 4.90 Å². The zero-order valence-electron chi connectivity index (χ0n) is 12.0.